The highest BCUT2D eigenvalue weighted by Crippen LogP contribution is 2.46. The summed E-state index contributed by atoms with van der Waals surface area (Å²) < 4.78 is 5.93. The fourth-order valence-electron chi connectivity index (χ4n) is 8.41. The summed E-state index contributed by atoms with van der Waals surface area (Å²) in [6.07, 6.45) is 0. The van der Waals surface area contributed by atoms with Crippen molar-refractivity contribution in [3.63, 3.8) is 0 Å². The second kappa shape index (κ2) is 17.2. The molecule has 0 radical (unpaired) electrons. The molecule has 6 rings (SSSR count). The van der Waals surface area contributed by atoms with E-state index in [9.17, 15) is 9.79 Å². The molecule has 0 saturated carbocycles. The fraction of sp³-hybridized carbons (Fsp3) is 0.357. The molecule has 0 spiro atoms. The Morgan fingerprint density at radius 3 is 0.917 bits per heavy atom. The zero-order valence-corrected chi connectivity index (χ0v) is 39.5. The molecule has 2 N–H and O–H groups in total. The third-order valence-electron chi connectivity index (χ3n) is 12.1. The summed E-state index contributed by atoms with van der Waals surface area (Å²) in [5.74, 6) is -0.335. The zero-order valence-electron chi connectivity index (χ0n) is 38.6. The molecule has 314 valence electrons. The monoisotopic (exact) mass is 818 g/mol. The van der Waals surface area contributed by atoms with Crippen LogP contribution in [0.5, 0.6) is 0 Å². The first-order chi connectivity index (χ1) is 27.9. The van der Waals surface area contributed by atoms with Crippen molar-refractivity contribution in [1.29, 1.82) is 0 Å². The van der Waals surface area contributed by atoms with Crippen molar-refractivity contribution in [3.8, 4) is 44.5 Å². The van der Waals surface area contributed by atoms with E-state index in [1.54, 1.807) is 0 Å². The molecule has 0 bridgehead atoms. The minimum atomic E-state index is -2.61. The highest BCUT2D eigenvalue weighted by atomic mass is 31.2. The van der Waals surface area contributed by atoms with E-state index >= 15 is 0 Å². The van der Waals surface area contributed by atoms with Crippen molar-refractivity contribution in [1.82, 2.24) is 0 Å². The Hall–Kier alpha value is -4.37. The van der Waals surface area contributed by atoms with Crippen LogP contribution in [0.2, 0.25) is 0 Å². The van der Waals surface area contributed by atoms with Crippen molar-refractivity contribution in [2.75, 3.05) is 6.61 Å². The van der Waals surface area contributed by atoms with E-state index < -0.39 is 8.60 Å². The van der Waals surface area contributed by atoms with Crippen LogP contribution in [0.15, 0.2) is 121 Å². The lowest BCUT2D eigenvalue weighted by Gasteiger charge is -2.29. The van der Waals surface area contributed by atoms with E-state index in [1.807, 2.05) is 0 Å². The van der Waals surface area contributed by atoms with Gasteiger partial charge in [-0.05, 0) is 137 Å². The average Bonchev–Trinajstić information content (AvgIpc) is 3.17. The lowest BCUT2D eigenvalue weighted by atomic mass is 9.76. The van der Waals surface area contributed by atoms with Crippen molar-refractivity contribution < 1.29 is 14.3 Å². The second-order valence-corrected chi connectivity index (χ2v) is 21.7. The molecule has 0 aliphatic heterocycles. The highest BCUT2D eigenvalue weighted by molar-refractivity contribution is 7.39. The van der Waals surface area contributed by atoms with Gasteiger partial charge in [0.1, 0.15) is 0 Å². The van der Waals surface area contributed by atoms with Gasteiger partial charge in [0.25, 0.3) is 0 Å². The van der Waals surface area contributed by atoms with Crippen molar-refractivity contribution in [3.05, 3.63) is 166 Å². The number of rotatable bonds is 9. The summed E-state index contributed by atoms with van der Waals surface area (Å²) in [5.41, 5.74) is 18.7. The third-order valence-corrected chi connectivity index (χ3v) is 12.5. The van der Waals surface area contributed by atoms with E-state index in [0.717, 1.165) is 66.8 Å². The molecule has 0 unspecified atom stereocenters. The first-order valence-corrected chi connectivity index (χ1v) is 22.6. The maximum atomic E-state index is 10.4. The molecule has 6 aromatic carbocycles. The van der Waals surface area contributed by atoms with Crippen LogP contribution in [0, 0.1) is 13.8 Å². The molecule has 6 aromatic rings. The first-order valence-electron chi connectivity index (χ1n) is 21.5. The van der Waals surface area contributed by atoms with Gasteiger partial charge in [-0.1, -0.05) is 192 Å². The molecule has 4 heteroatoms. The maximum absolute atomic E-state index is 10.4. The molecule has 60 heavy (non-hydrogen) atoms. The molecule has 0 aliphatic rings. The minimum absolute atomic E-state index is 0.00703. The number of aryl methyl sites for hydroxylation is 2. The predicted octanol–water partition coefficient (Wildman–Crippen LogP) is 15.5. The van der Waals surface area contributed by atoms with Crippen LogP contribution in [0.1, 0.15) is 134 Å². The Kier molecular flexibility index (Phi) is 12.9. The van der Waals surface area contributed by atoms with Gasteiger partial charge in [-0.25, -0.2) is 0 Å². The average molecular weight is 819 g/mol. The molecule has 0 fully saturated rings. The summed E-state index contributed by atoms with van der Waals surface area (Å²) in [4.78, 5) is 20.7. The second-order valence-electron chi connectivity index (χ2n) is 20.9. The van der Waals surface area contributed by atoms with Gasteiger partial charge in [-0.3, -0.25) is 0 Å². The molecule has 3 nitrogen and oxygen atoms in total. The Morgan fingerprint density at radius 1 is 0.400 bits per heavy atom. The Balaban J connectivity index is 1.64. The Bertz CT molecular complexity index is 2240. The number of benzene rings is 6. The van der Waals surface area contributed by atoms with Crippen LogP contribution in [-0.4, -0.2) is 16.4 Å². The van der Waals surface area contributed by atoms with E-state index in [4.69, 9.17) is 4.52 Å². The number of hydrogen-bond acceptors (Lipinski definition) is 3. The summed E-state index contributed by atoms with van der Waals surface area (Å²) in [6.45, 7) is 31.4. The summed E-state index contributed by atoms with van der Waals surface area (Å²) in [5, 5.41) is 0. The van der Waals surface area contributed by atoms with E-state index in [-0.39, 0.29) is 34.2 Å². The Morgan fingerprint density at radius 2 is 0.667 bits per heavy atom. The van der Waals surface area contributed by atoms with Gasteiger partial charge < -0.3 is 14.3 Å². The van der Waals surface area contributed by atoms with Gasteiger partial charge in [0.2, 0.25) is 0 Å². The van der Waals surface area contributed by atoms with Gasteiger partial charge in [0.15, 0.2) is 0 Å². The third kappa shape index (κ3) is 10.2. The van der Waals surface area contributed by atoms with Crippen LogP contribution in [-0.2, 0) is 26.2 Å². The molecular weight excluding hydrogens is 752 g/mol. The van der Waals surface area contributed by atoms with Crippen LogP contribution < -0.4 is 0 Å². The number of hydrogen-bond donors (Lipinski definition) is 2. The minimum Gasteiger partial charge on any atom is -0.328 e. The molecule has 0 aromatic heterocycles. The van der Waals surface area contributed by atoms with Crippen molar-refractivity contribution >= 4 is 8.60 Å². The quantitative estimate of drug-likeness (QED) is 0.143. The highest BCUT2D eigenvalue weighted by Gasteiger charge is 2.29. The van der Waals surface area contributed by atoms with Crippen molar-refractivity contribution in [2.45, 2.75) is 125 Å². The summed E-state index contributed by atoms with van der Waals surface area (Å²) >= 11 is 0. The predicted molar refractivity (Wildman–Crippen MR) is 258 cm³/mol. The lowest BCUT2D eigenvalue weighted by Crippen LogP contribution is -2.15. The molecule has 0 amide bonds. The van der Waals surface area contributed by atoms with Crippen LogP contribution in [0.25, 0.3) is 44.5 Å². The first kappa shape index (κ1) is 45.2. The van der Waals surface area contributed by atoms with Crippen LogP contribution in [0.3, 0.4) is 0 Å². The fourth-order valence-corrected chi connectivity index (χ4v) is 8.69. The van der Waals surface area contributed by atoms with E-state index in [0.29, 0.717) is 0 Å². The summed E-state index contributed by atoms with van der Waals surface area (Å²) in [7, 11) is -2.61. The zero-order chi connectivity index (χ0) is 43.9. The van der Waals surface area contributed by atoms with Crippen LogP contribution in [0.4, 0.5) is 0 Å². The van der Waals surface area contributed by atoms with Gasteiger partial charge >= 0.3 is 8.60 Å². The SMILES string of the molecule is Cc1cc(-c2ccc(C(C)(C)C)cc2)cc(-c2ccc(C(C)(C)C)cc2)c1C(COP(O)O)c1c(C)cc(-c2ccc(C(C)(C)C)cc2)cc1-c1ccc(C(C)(C)C)cc1. The molecular formula is C56H67O3P. The Labute approximate surface area is 362 Å². The van der Waals surface area contributed by atoms with Gasteiger partial charge in [0, 0.05) is 5.92 Å². The summed E-state index contributed by atoms with van der Waals surface area (Å²) in [6, 6.07) is 45.2. The van der Waals surface area contributed by atoms with Crippen molar-refractivity contribution in [2.24, 2.45) is 0 Å². The van der Waals surface area contributed by atoms with Crippen LogP contribution >= 0.6 is 8.60 Å². The molecule has 0 aliphatic carbocycles. The molecule has 0 heterocycles. The normalized spacial score (nSPS) is 12.8. The van der Waals surface area contributed by atoms with E-state index in [1.165, 1.54) is 22.3 Å². The lowest BCUT2D eigenvalue weighted by molar-refractivity contribution is 0.247. The van der Waals surface area contributed by atoms with E-state index in [2.05, 4.69) is 218 Å². The van der Waals surface area contributed by atoms with Gasteiger partial charge in [-0.2, -0.15) is 0 Å². The maximum Gasteiger partial charge on any atom is 0.327 e. The van der Waals surface area contributed by atoms with Gasteiger partial charge in [-0.15, -0.1) is 0 Å². The smallest absolute Gasteiger partial charge is 0.327 e. The van der Waals surface area contributed by atoms with Gasteiger partial charge in [0.05, 0.1) is 6.61 Å². The molecule has 0 saturated heterocycles. The standard InChI is InChI=1S/C56H67O3P/c1-36-31-42(38-15-23-44(24-16-38)53(3,4)5)33-48(40-19-27-46(28-20-40)55(9,10)11)51(36)50(35-59-60(57)58)52-37(2)32-43(39-17-25-45(26-18-39)54(6,7)8)34-49(52)41-21-29-47(30-22-41)56(12,13)14/h15-34,50,57-58H,35H2,1-14H3. The molecule has 0 atom stereocenters. The largest absolute Gasteiger partial charge is 0.328 e. The topological polar surface area (TPSA) is 49.7 Å².